The molecule has 1 heterocycles. The lowest BCUT2D eigenvalue weighted by Crippen LogP contribution is -2.20. The van der Waals surface area contributed by atoms with Crippen molar-refractivity contribution in [2.24, 2.45) is 4.99 Å². The van der Waals surface area contributed by atoms with E-state index in [9.17, 15) is 9.90 Å². The van der Waals surface area contributed by atoms with E-state index in [1.54, 1.807) is 0 Å². The van der Waals surface area contributed by atoms with Gasteiger partial charge in [0.05, 0.1) is 5.57 Å². The number of aliphatic imine (C=N–C) groups is 1. The maximum absolute atomic E-state index is 12.4. The number of allylic oxidation sites excluding steroid dienone is 2. The van der Waals surface area contributed by atoms with Crippen LogP contribution in [-0.2, 0) is 17.8 Å². The highest BCUT2D eigenvalue weighted by molar-refractivity contribution is 6.23. The molecular formula is C28H32N2O3. The van der Waals surface area contributed by atoms with E-state index in [2.05, 4.69) is 43.1 Å². The van der Waals surface area contributed by atoms with Crippen LogP contribution in [0.3, 0.4) is 0 Å². The standard InChI is InChI=1S/C28H32N2O3/c1-3-8-25(28-26(31)11-7-12-27(28)32)29-16-15-22-19(2)30-24-14-13-21(17-23(22)24)33-18-20-9-5-4-6-10-20/h4-6,9-10,13-14,17,30-31H,3,7-8,11-12,15-16,18H2,1-2H3. The summed E-state index contributed by atoms with van der Waals surface area (Å²) in [5.74, 6) is 1.07. The number of Topliss-reactive ketones (excluding diaryl/α,β-unsaturated/α-hetero) is 1. The summed E-state index contributed by atoms with van der Waals surface area (Å²) in [6, 6.07) is 16.3. The Morgan fingerprint density at radius 1 is 1.15 bits per heavy atom. The number of rotatable bonds is 9. The summed E-state index contributed by atoms with van der Waals surface area (Å²) in [5, 5.41) is 11.5. The Kier molecular flexibility index (Phi) is 7.28. The maximum atomic E-state index is 12.4. The Morgan fingerprint density at radius 3 is 2.73 bits per heavy atom. The topological polar surface area (TPSA) is 74.7 Å². The Bertz CT molecular complexity index is 1190. The first-order valence-electron chi connectivity index (χ1n) is 11.8. The molecule has 3 aromatic rings. The lowest BCUT2D eigenvalue weighted by molar-refractivity contribution is -0.115. The average molecular weight is 445 g/mol. The van der Waals surface area contributed by atoms with Crippen LogP contribution in [-0.4, -0.2) is 28.1 Å². The SMILES string of the molecule is CCCC(=NCCc1c(C)[nH]c2ccc(OCc3ccccc3)cc12)C1=C(O)CCCC1=O. The minimum Gasteiger partial charge on any atom is -0.511 e. The summed E-state index contributed by atoms with van der Waals surface area (Å²) in [6.45, 7) is 5.25. The number of carbonyl (C=O) groups is 1. The molecule has 0 aliphatic heterocycles. The van der Waals surface area contributed by atoms with Gasteiger partial charge < -0.3 is 14.8 Å². The van der Waals surface area contributed by atoms with E-state index < -0.39 is 0 Å². The van der Waals surface area contributed by atoms with Crippen LogP contribution in [0.2, 0.25) is 0 Å². The van der Waals surface area contributed by atoms with Crippen LogP contribution in [0.5, 0.6) is 5.75 Å². The lowest BCUT2D eigenvalue weighted by atomic mass is 9.91. The van der Waals surface area contributed by atoms with Crippen molar-refractivity contribution in [1.29, 1.82) is 0 Å². The van der Waals surface area contributed by atoms with Crippen LogP contribution in [0, 0.1) is 6.92 Å². The van der Waals surface area contributed by atoms with Gasteiger partial charge in [-0.2, -0.15) is 0 Å². The van der Waals surface area contributed by atoms with E-state index in [1.807, 2.05) is 24.3 Å². The molecule has 33 heavy (non-hydrogen) atoms. The molecule has 0 spiro atoms. The molecule has 2 aromatic carbocycles. The van der Waals surface area contributed by atoms with Crippen LogP contribution in [0.15, 0.2) is 64.9 Å². The Labute approximate surface area is 195 Å². The number of aromatic nitrogens is 1. The Hall–Kier alpha value is -3.34. The van der Waals surface area contributed by atoms with Crippen LogP contribution in [0.25, 0.3) is 10.9 Å². The minimum absolute atomic E-state index is 0.0226. The van der Waals surface area contributed by atoms with Crippen molar-refractivity contribution in [3.8, 4) is 5.75 Å². The first-order valence-corrected chi connectivity index (χ1v) is 11.8. The fourth-order valence-electron chi connectivity index (χ4n) is 4.49. The highest BCUT2D eigenvalue weighted by Gasteiger charge is 2.24. The van der Waals surface area contributed by atoms with Gasteiger partial charge in [0.25, 0.3) is 0 Å². The third kappa shape index (κ3) is 5.36. The van der Waals surface area contributed by atoms with E-state index in [4.69, 9.17) is 9.73 Å². The summed E-state index contributed by atoms with van der Waals surface area (Å²) in [6.07, 6.45) is 4.12. The molecule has 1 aromatic heterocycles. The molecule has 0 atom stereocenters. The van der Waals surface area contributed by atoms with Crippen molar-refractivity contribution < 1.29 is 14.6 Å². The molecule has 172 valence electrons. The zero-order valence-electron chi connectivity index (χ0n) is 19.5. The van der Waals surface area contributed by atoms with Crippen molar-refractivity contribution in [3.63, 3.8) is 0 Å². The lowest BCUT2D eigenvalue weighted by Gasteiger charge is -2.17. The molecule has 0 fully saturated rings. The second-order valence-electron chi connectivity index (χ2n) is 8.64. The zero-order valence-corrected chi connectivity index (χ0v) is 19.5. The number of carbonyl (C=O) groups excluding carboxylic acids is 1. The van der Waals surface area contributed by atoms with Gasteiger partial charge in [-0.3, -0.25) is 9.79 Å². The third-order valence-electron chi connectivity index (χ3n) is 6.16. The molecule has 5 nitrogen and oxygen atoms in total. The number of ether oxygens (including phenoxy) is 1. The number of aryl methyl sites for hydroxylation is 1. The van der Waals surface area contributed by atoms with Crippen LogP contribution in [0.4, 0.5) is 0 Å². The van der Waals surface area contributed by atoms with Gasteiger partial charge in [-0.1, -0.05) is 43.7 Å². The van der Waals surface area contributed by atoms with E-state index in [0.717, 1.165) is 52.9 Å². The molecule has 5 heteroatoms. The summed E-state index contributed by atoms with van der Waals surface area (Å²) < 4.78 is 6.03. The van der Waals surface area contributed by atoms with Gasteiger partial charge in [-0.05, 0) is 55.5 Å². The number of aliphatic hydroxyl groups is 1. The molecule has 0 saturated carbocycles. The Morgan fingerprint density at radius 2 is 1.97 bits per heavy atom. The molecule has 0 amide bonds. The quantitative estimate of drug-likeness (QED) is 0.375. The highest BCUT2D eigenvalue weighted by atomic mass is 16.5. The predicted octanol–water partition coefficient (Wildman–Crippen LogP) is 6.40. The molecule has 0 bridgehead atoms. The summed E-state index contributed by atoms with van der Waals surface area (Å²) in [4.78, 5) is 20.7. The average Bonchev–Trinajstić information content (AvgIpc) is 3.12. The Balaban J connectivity index is 1.52. The van der Waals surface area contributed by atoms with Gasteiger partial charge in [0, 0.05) is 41.7 Å². The van der Waals surface area contributed by atoms with Crippen LogP contribution < -0.4 is 4.74 Å². The summed E-state index contributed by atoms with van der Waals surface area (Å²) in [7, 11) is 0. The summed E-state index contributed by atoms with van der Waals surface area (Å²) in [5.41, 5.74) is 5.77. The fraction of sp³-hybridized carbons (Fsp3) is 0.357. The smallest absolute Gasteiger partial charge is 0.168 e. The van der Waals surface area contributed by atoms with Gasteiger partial charge in [-0.25, -0.2) is 0 Å². The fourth-order valence-corrected chi connectivity index (χ4v) is 4.49. The van der Waals surface area contributed by atoms with Crippen molar-refractivity contribution in [2.45, 2.75) is 59.0 Å². The minimum atomic E-state index is 0.0226. The molecule has 0 radical (unpaired) electrons. The number of hydrogen-bond acceptors (Lipinski definition) is 4. The molecule has 1 aliphatic rings. The molecule has 2 N–H and O–H groups in total. The van der Waals surface area contributed by atoms with Crippen molar-refractivity contribution >= 4 is 22.4 Å². The van der Waals surface area contributed by atoms with Crippen molar-refractivity contribution in [2.75, 3.05) is 6.54 Å². The van der Waals surface area contributed by atoms with E-state index in [0.29, 0.717) is 38.0 Å². The summed E-state index contributed by atoms with van der Waals surface area (Å²) >= 11 is 0. The first-order chi connectivity index (χ1) is 16.1. The van der Waals surface area contributed by atoms with E-state index in [-0.39, 0.29) is 11.5 Å². The van der Waals surface area contributed by atoms with Crippen LogP contribution >= 0.6 is 0 Å². The zero-order chi connectivity index (χ0) is 23.2. The molecule has 4 rings (SSSR count). The highest BCUT2D eigenvalue weighted by Crippen LogP contribution is 2.28. The number of ketones is 1. The number of aromatic amines is 1. The second kappa shape index (κ2) is 10.5. The second-order valence-corrected chi connectivity index (χ2v) is 8.64. The normalized spacial score (nSPS) is 14.8. The maximum Gasteiger partial charge on any atom is 0.168 e. The number of nitrogens with zero attached hydrogens (tertiary/aromatic N) is 1. The number of benzene rings is 2. The number of aliphatic hydroxyl groups excluding tert-OH is 1. The van der Waals surface area contributed by atoms with Gasteiger partial charge in [0.1, 0.15) is 18.1 Å². The molecule has 1 aliphatic carbocycles. The number of nitrogens with one attached hydrogen (secondary N) is 1. The van der Waals surface area contributed by atoms with Crippen molar-refractivity contribution in [3.05, 3.63) is 76.7 Å². The number of hydrogen-bond donors (Lipinski definition) is 2. The monoisotopic (exact) mass is 444 g/mol. The van der Waals surface area contributed by atoms with E-state index in [1.165, 1.54) is 5.56 Å². The van der Waals surface area contributed by atoms with E-state index >= 15 is 0 Å². The first kappa shape index (κ1) is 22.8. The van der Waals surface area contributed by atoms with Gasteiger partial charge in [0.2, 0.25) is 0 Å². The molecule has 0 saturated heterocycles. The molecule has 0 unspecified atom stereocenters. The number of fused-ring (bicyclic) bond motifs is 1. The molecular weight excluding hydrogens is 412 g/mol. The van der Waals surface area contributed by atoms with Crippen LogP contribution in [0.1, 0.15) is 55.8 Å². The predicted molar refractivity (Wildman–Crippen MR) is 133 cm³/mol. The van der Waals surface area contributed by atoms with Gasteiger partial charge in [-0.15, -0.1) is 0 Å². The number of H-pyrrole nitrogens is 1. The van der Waals surface area contributed by atoms with Gasteiger partial charge >= 0.3 is 0 Å². The van der Waals surface area contributed by atoms with Gasteiger partial charge in [0.15, 0.2) is 5.78 Å². The largest absolute Gasteiger partial charge is 0.511 e. The van der Waals surface area contributed by atoms with Crippen molar-refractivity contribution in [1.82, 2.24) is 4.98 Å². The third-order valence-corrected chi connectivity index (χ3v) is 6.16.